The van der Waals surface area contributed by atoms with Crippen LogP contribution in [0.4, 0.5) is 11.6 Å². The van der Waals surface area contributed by atoms with E-state index < -0.39 is 0 Å². The summed E-state index contributed by atoms with van der Waals surface area (Å²) in [6.45, 7) is 10.2. The average Bonchev–Trinajstić information content (AvgIpc) is 3.80. The molecule has 2 aliphatic rings. The highest BCUT2D eigenvalue weighted by atomic mass is 16.5. The van der Waals surface area contributed by atoms with E-state index in [9.17, 15) is 5.26 Å². The molecule has 2 N–H and O–H groups in total. The molecule has 1 aliphatic carbocycles. The summed E-state index contributed by atoms with van der Waals surface area (Å²) in [5.41, 5.74) is 2.52. The van der Waals surface area contributed by atoms with Crippen molar-refractivity contribution >= 4 is 11.6 Å². The van der Waals surface area contributed by atoms with Crippen LogP contribution < -0.4 is 20.1 Å². The van der Waals surface area contributed by atoms with Gasteiger partial charge in [0, 0.05) is 38.2 Å². The first-order valence-corrected chi connectivity index (χ1v) is 17.5. The average molecular weight is 702 g/mol. The van der Waals surface area contributed by atoms with Crippen LogP contribution >= 0.6 is 0 Å². The van der Waals surface area contributed by atoms with Crippen molar-refractivity contribution in [1.29, 1.82) is 5.26 Å². The number of tetrazole rings is 1. The molecule has 1 aromatic carbocycles. The Morgan fingerprint density at radius 1 is 1.12 bits per heavy atom. The maximum atomic E-state index is 9.68. The molecule has 272 valence electrons. The lowest BCUT2D eigenvalue weighted by Gasteiger charge is -2.46. The van der Waals surface area contributed by atoms with Crippen LogP contribution in [0.1, 0.15) is 58.1 Å². The van der Waals surface area contributed by atoms with Crippen LogP contribution in [0.2, 0.25) is 0 Å². The third-order valence-electron chi connectivity index (χ3n) is 9.41. The number of methoxy groups -OCH3 is 1. The molecule has 16 heteroatoms. The van der Waals surface area contributed by atoms with Gasteiger partial charge in [-0.25, -0.2) is 14.6 Å². The Balaban J connectivity index is 1.13. The van der Waals surface area contributed by atoms with E-state index in [1.807, 2.05) is 29.9 Å². The van der Waals surface area contributed by atoms with Crippen molar-refractivity contribution in [1.82, 2.24) is 45.3 Å². The smallest absolute Gasteiger partial charge is 0.257 e. The van der Waals surface area contributed by atoms with Crippen molar-refractivity contribution in [3.8, 4) is 28.8 Å². The summed E-state index contributed by atoms with van der Waals surface area (Å²) in [5.74, 6) is 1.81. The Morgan fingerprint density at radius 3 is 2.65 bits per heavy atom. The highest BCUT2D eigenvalue weighted by Crippen LogP contribution is 2.41. The number of morpholine rings is 1. The van der Waals surface area contributed by atoms with Gasteiger partial charge in [-0.3, -0.25) is 4.68 Å². The monoisotopic (exact) mass is 701 g/mol. The number of benzene rings is 1. The molecule has 4 aromatic rings. The van der Waals surface area contributed by atoms with Crippen molar-refractivity contribution in [2.75, 3.05) is 51.9 Å². The number of aromatic nitrogens is 8. The van der Waals surface area contributed by atoms with Crippen LogP contribution in [0.25, 0.3) is 11.1 Å². The molecule has 1 aliphatic heterocycles. The van der Waals surface area contributed by atoms with E-state index in [-0.39, 0.29) is 23.9 Å². The summed E-state index contributed by atoms with van der Waals surface area (Å²) in [6.07, 6.45) is 11.0. The van der Waals surface area contributed by atoms with Gasteiger partial charge < -0.3 is 34.3 Å². The molecule has 0 amide bonds. The predicted octanol–water partition coefficient (Wildman–Crippen LogP) is 3.95. The molecular weight excluding hydrogens is 654 g/mol. The molecule has 16 nitrogen and oxygen atoms in total. The van der Waals surface area contributed by atoms with Gasteiger partial charge in [0.05, 0.1) is 55.9 Å². The minimum Gasteiger partial charge on any atom is -0.487 e. The minimum atomic E-state index is -0.279. The second kappa shape index (κ2) is 17.0. The molecule has 1 saturated carbocycles. The Morgan fingerprint density at radius 2 is 1.92 bits per heavy atom. The SMILES string of the molecule is COCCOCCOc1nn(C2CCC([C@@]3(C)CNC[C@@H](C)O3)CC2)cc1Nc1ncc(-c2ccc(C#N)c(OC(C)Cn3cnnn3)c2)cn1. The van der Waals surface area contributed by atoms with Gasteiger partial charge in [0.1, 0.15) is 36.5 Å². The Hall–Kier alpha value is -4.69. The predicted molar refractivity (Wildman–Crippen MR) is 187 cm³/mol. The van der Waals surface area contributed by atoms with Gasteiger partial charge in [-0.1, -0.05) is 6.07 Å². The molecule has 51 heavy (non-hydrogen) atoms. The molecule has 3 aromatic heterocycles. The fourth-order valence-electron chi connectivity index (χ4n) is 6.79. The van der Waals surface area contributed by atoms with Gasteiger partial charge >= 0.3 is 0 Å². The highest BCUT2D eigenvalue weighted by Gasteiger charge is 2.41. The zero-order chi connectivity index (χ0) is 35.6. The van der Waals surface area contributed by atoms with Crippen LogP contribution in [0.3, 0.4) is 0 Å². The highest BCUT2D eigenvalue weighted by molar-refractivity contribution is 5.67. The molecule has 1 saturated heterocycles. The Bertz CT molecular complexity index is 1720. The first-order valence-electron chi connectivity index (χ1n) is 17.5. The standard InChI is InChI=1S/C35H47N11O5/c1-24-17-37-22-35(3,51-24)29-7-9-30(10-8-29)46-21-31(33(42-46)49-14-13-48-12-11-47-4)41-34-38-18-28(19-39-34)26-5-6-27(16-36)32(15-26)50-25(2)20-45-23-40-43-44-45/h5-6,15,18-19,21,23-25,29-30,37H,7-14,17,20,22H2,1-4H3,(H,38,39,41)/t24-,25?,29?,30?,35-/m1/s1. The van der Waals surface area contributed by atoms with Crippen molar-refractivity contribution in [2.45, 2.75) is 76.9 Å². The van der Waals surface area contributed by atoms with Crippen molar-refractivity contribution in [3.05, 3.63) is 48.7 Å². The lowest BCUT2D eigenvalue weighted by atomic mass is 9.75. The Labute approximate surface area is 297 Å². The molecule has 0 bridgehead atoms. The summed E-state index contributed by atoms with van der Waals surface area (Å²) in [7, 11) is 1.64. The van der Waals surface area contributed by atoms with Crippen LogP contribution in [-0.2, 0) is 20.8 Å². The number of nitrogens with one attached hydrogen (secondary N) is 2. The zero-order valence-corrected chi connectivity index (χ0v) is 29.7. The summed E-state index contributed by atoms with van der Waals surface area (Å²) in [6, 6.07) is 7.83. The second-order valence-corrected chi connectivity index (χ2v) is 13.4. The van der Waals surface area contributed by atoms with Gasteiger partial charge in [-0.05, 0) is 80.5 Å². The molecule has 1 unspecified atom stereocenters. The quantitative estimate of drug-likeness (QED) is 0.160. The molecule has 3 atom stereocenters. The largest absolute Gasteiger partial charge is 0.487 e. The minimum absolute atomic E-state index is 0.151. The first-order chi connectivity index (χ1) is 24.8. The summed E-state index contributed by atoms with van der Waals surface area (Å²) in [4.78, 5) is 9.19. The number of anilines is 2. The summed E-state index contributed by atoms with van der Waals surface area (Å²) >= 11 is 0. The number of nitrogens with zero attached hydrogens (tertiary/aromatic N) is 9. The first kappa shape index (κ1) is 36.1. The van der Waals surface area contributed by atoms with E-state index in [2.05, 4.69) is 56.0 Å². The summed E-state index contributed by atoms with van der Waals surface area (Å²) in [5, 5.41) is 32.6. The third-order valence-corrected chi connectivity index (χ3v) is 9.41. The third kappa shape index (κ3) is 9.36. The van der Waals surface area contributed by atoms with E-state index in [4.69, 9.17) is 28.8 Å². The number of hydrogen-bond donors (Lipinski definition) is 2. The molecule has 0 spiro atoms. The van der Waals surface area contributed by atoms with Gasteiger partial charge in [-0.15, -0.1) is 10.2 Å². The van der Waals surface area contributed by atoms with Crippen LogP contribution in [0.15, 0.2) is 43.1 Å². The van der Waals surface area contributed by atoms with E-state index in [0.29, 0.717) is 67.7 Å². The number of hydrogen-bond acceptors (Lipinski definition) is 14. The number of ether oxygens (including phenoxy) is 5. The van der Waals surface area contributed by atoms with Gasteiger partial charge in [0.25, 0.3) is 5.88 Å². The van der Waals surface area contributed by atoms with Gasteiger partial charge in [-0.2, -0.15) is 5.26 Å². The van der Waals surface area contributed by atoms with E-state index in [1.165, 1.54) is 6.33 Å². The number of nitriles is 1. The van der Waals surface area contributed by atoms with E-state index in [0.717, 1.165) is 49.9 Å². The van der Waals surface area contributed by atoms with Crippen molar-refractivity contribution in [2.24, 2.45) is 5.92 Å². The lowest BCUT2D eigenvalue weighted by Crippen LogP contribution is -2.55. The lowest BCUT2D eigenvalue weighted by molar-refractivity contribution is -0.138. The number of rotatable bonds is 16. The van der Waals surface area contributed by atoms with Crippen LogP contribution in [0, 0.1) is 17.2 Å². The maximum absolute atomic E-state index is 9.68. The van der Waals surface area contributed by atoms with Crippen molar-refractivity contribution < 1.29 is 23.7 Å². The molecule has 6 rings (SSSR count). The van der Waals surface area contributed by atoms with Crippen LogP contribution in [-0.4, -0.2) is 104 Å². The summed E-state index contributed by atoms with van der Waals surface area (Å²) < 4.78 is 32.9. The van der Waals surface area contributed by atoms with Gasteiger partial charge in [0.15, 0.2) is 0 Å². The van der Waals surface area contributed by atoms with Gasteiger partial charge in [0.2, 0.25) is 5.95 Å². The topological polar surface area (TPSA) is 181 Å². The van der Waals surface area contributed by atoms with Crippen molar-refractivity contribution in [3.63, 3.8) is 0 Å². The van der Waals surface area contributed by atoms with Crippen LogP contribution in [0.5, 0.6) is 11.6 Å². The second-order valence-electron chi connectivity index (χ2n) is 13.4. The zero-order valence-electron chi connectivity index (χ0n) is 29.7. The molecule has 0 radical (unpaired) electrons. The fraction of sp³-hybridized carbons (Fsp3) is 0.571. The fourth-order valence-corrected chi connectivity index (χ4v) is 6.79. The normalized spacial score (nSPS) is 22.6. The van der Waals surface area contributed by atoms with E-state index >= 15 is 0 Å². The Kier molecular flexibility index (Phi) is 12.0. The molecular formula is C35H47N11O5. The molecule has 4 heterocycles. The van der Waals surface area contributed by atoms with E-state index in [1.54, 1.807) is 30.3 Å². The molecule has 2 fully saturated rings. The maximum Gasteiger partial charge on any atom is 0.257 e.